The zero-order chi connectivity index (χ0) is 20.7. The number of rotatable bonds is 5. The molecule has 0 saturated heterocycles. The van der Waals surface area contributed by atoms with Gasteiger partial charge in [-0.25, -0.2) is 4.79 Å². The Balaban J connectivity index is 1.64. The molecule has 156 valence electrons. The molecule has 1 aromatic rings. The number of carbonyl (C=O) groups excluding carboxylic acids is 2. The minimum Gasteiger partial charge on any atom is -0.481 e. The first-order valence-corrected chi connectivity index (χ1v) is 11.2. The number of allylic oxidation sites excluding steroid dienone is 2. The zero-order valence-corrected chi connectivity index (χ0v) is 17.6. The molecule has 0 aromatic carbocycles. The Morgan fingerprint density at radius 3 is 2.45 bits per heavy atom. The van der Waals surface area contributed by atoms with Gasteiger partial charge in [0.05, 0.1) is 24.5 Å². The number of carboxylic acid groups (broad SMARTS) is 1. The number of ether oxygens (including phenoxy) is 1. The zero-order valence-electron chi connectivity index (χ0n) is 16.8. The highest BCUT2D eigenvalue weighted by Gasteiger charge is 2.48. The first kappa shape index (κ1) is 20.1. The Bertz CT molecular complexity index is 873. The van der Waals surface area contributed by atoms with E-state index in [-0.39, 0.29) is 17.7 Å². The van der Waals surface area contributed by atoms with Crippen molar-refractivity contribution < 1.29 is 24.2 Å². The van der Waals surface area contributed by atoms with E-state index < -0.39 is 23.8 Å². The maximum absolute atomic E-state index is 13.2. The fraction of sp³-hybridized carbons (Fsp3) is 0.591. The first-order chi connectivity index (χ1) is 13.9. The van der Waals surface area contributed by atoms with E-state index in [0.717, 1.165) is 49.0 Å². The van der Waals surface area contributed by atoms with Crippen molar-refractivity contribution in [1.82, 2.24) is 0 Å². The number of thiophene rings is 1. The minimum atomic E-state index is -0.923. The monoisotopic (exact) mass is 417 g/mol. The summed E-state index contributed by atoms with van der Waals surface area (Å²) in [4.78, 5) is 38.7. The van der Waals surface area contributed by atoms with E-state index in [1.54, 1.807) is 0 Å². The third kappa shape index (κ3) is 3.50. The van der Waals surface area contributed by atoms with Crippen molar-refractivity contribution in [2.75, 3.05) is 12.4 Å². The molecular formula is C22H27NO5S. The summed E-state index contributed by atoms with van der Waals surface area (Å²) in [7, 11) is 1.35. The smallest absolute Gasteiger partial charge is 0.341 e. The first-order valence-electron chi connectivity index (χ1n) is 10.4. The van der Waals surface area contributed by atoms with Gasteiger partial charge in [-0.05, 0) is 55.4 Å². The molecule has 1 amide bonds. The SMILES string of the molecule is CC[C@@H]1CCc2c(sc(NC(=O)[C@@H]3[C@@H](C(=O)O)[C@H]4C=C[C@H]3CC4)c2C(=O)OC)C1. The van der Waals surface area contributed by atoms with Gasteiger partial charge in [0, 0.05) is 4.88 Å². The molecule has 0 spiro atoms. The van der Waals surface area contributed by atoms with E-state index in [2.05, 4.69) is 12.2 Å². The second-order valence-corrected chi connectivity index (χ2v) is 9.49. The topological polar surface area (TPSA) is 92.7 Å². The van der Waals surface area contributed by atoms with Gasteiger partial charge in [0.25, 0.3) is 0 Å². The summed E-state index contributed by atoms with van der Waals surface area (Å²) in [5, 5.41) is 13.2. The van der Waals surface area contributed by atoms with Crippen LogP contribution >= 0.6 is 11.3 Å². The summed E-state index contributed by atoms with van der Waals surface area (Å²) in [6, 6.07) is 0. The summed E-state index contributed by atoms with van der Waals surface area (Å²) < 4.78 is 5.00. The number of aliphatic carboxylic acids is 1. The van der Waals surface area contributed by atoms with Crippen LogP contribution in [0.25, 0.3) is 0 Å². The van der Waals surface area contributed by atoms with Gasteiger partial charge in [0.2, 0.25) is 5.91 Å². The molecule has 1 saturated carbocycles. The standard InChI is InChI=1S/C22H27NO5S/c1-3-11-4-9-14-15(10-11)29-20(18(14)22(27)28-2)23-19(24)16-12-5-7-13(8-6-12)17(16)21(25)26/h5,7,11-13,16-17H,3-4,6,8-10H2,1-2H3,(H,23,24)(H,25,26)/t11-,12+,13+,16+,17+/m1/s1. The van der Waals surface area contributed by atoms with Gasteiger partial charge in [0.1, 0.15) is 5.00 Å². The third-order valence-corrected chi connectivity index (χ3v) is 8.08. The average Bonchev–Trinajstić information content (AvgIpc) is 3.09. The van der Waals surface area contributed by atoms with Gasteiger partial charge < -0.3 is 15.2 Å². The largest absolute Gasteiger partial charge is 0.481 e. The Morgan fingerprint density at radius 2 is 1.86 bits per heavy atom. The minimum absolute atomic E-state index is 0.0678. The molecule has 0 unspecified atom stereocenters. The number of amides is 1. The average molecular weight is 418 g/mol. The van der Waals surface area contributed by atoms with Crippen molar-refractivity contribution in [1.29, 1.82) is 0 Å². The van der Waals surface area contributed by atoms with Crippen molar-refractivity contribution >= 4 is 34.2 Å². The lowest BCUT2D eigenvalue weighted by atomic mass is 9.62. The van der Waals surface area contributed by atoms with Crippen LogP contribution in [0.15, 0.2) is 12.2 Å². The van der Waals surface area contributed by atoms with Crippen molar-refractivity contribution in [2.45, 2.75) is 45.4 Å². The molecule has 29 heavy (non-hydrogen) atoms. The molecule has 6 nitrogen and oxygen atoms in total. The molecule has 1 heterocycles. The lowest BCUT2D eigenvalue weighted by Gasteiger charge is -2.41. The van der Waals surface area contributed by atoms with E-state index in [1.165, 1.54) is 18.4 Å². The molecule has 5 atom stereocenters. The fourth-order valence-corrected chi connectivity index (χ4v) is 6.65. The number of carboxylic acids is 1. The van der Waals surface area contributed by atoms with E-state index in [1.807, 2.05) is 12.2 Å². The number of methoxy groups -OCH3 is 1. The van der Waals surface area contributed by atoms with Crippen molar-refractivity contribution in [3.63, 3.8) is 0 Å². The predicted molar refractivity (Wildman–Crippen MR) is 110 cm³/mol. The molecule has 4 aliphatic rings. The Morgan fingerprint density at radius 1 is 1.17 bits per heavy atom. The second-order valence-electron chi connectivity index (χ2n) is 8.39. The van der Waals surface area contributed by atoms with E-state index in [4.69, 9.17) is 4.74 Å². The third-order valence-electron chi connectivity index (χ3n) is 6.91. The van der Waals surface area contributed by atoms with Crippen molar-refractivity contribution in [3.8, 4) is 0 Å². The maximum Gasteiger partial charge on any atom is 0.341 e. The Labute approximate surface area is 174 Å². The molecule has 2 bridgehead atoms. The van der Waals surface area contributed by atoms with Crippen LogP contribution in [0, 0.1) is 29.6 Å². The Kier molecular flexibility index (Phi) is 5.51. The number of fused-ring (bicyclic) bond motifs is 3. The summed E-state index contributed by atoms with van der Waals surface area (Å²) in [6.07, 6.45) is 9.40. The fourth-order valence-electron chi connectivity index (χ4n) is 5.29. The van der Waals surface area contributed by atoms with Crippen LogP contribution in [0.2, 0.25) is 0 Å². The number of nitrogens with one attached hydrogen (secondary N) is 1. The van der Waals surface area contributed by atoms with Crippen LogP contribution in [0.1, 0.15) is 53.4 Å². The van der Waals surface area contributed by atoms with Crippen LogP contribution in [0.3, 0.4) is 0 Å². The molecular weight excluding hydrogens is 390 g/mol. The summed E-state index contributed by atoms with van der Waals surface area (Å²) in [6.45, 7) is 2.17. The molecule has 1 aromatic heterocycles. The van der Waals surface area contributed by atoms with Gasteiger partial charge in [-0.15, -0.1) is 11.3 Å². The van der Waals surface area contributed by atoms with E-state index >= 15 is 0 Å². The predicted octanol–water partition coefficient (Wildman–Crippen LogP) is 3.90. The number of hydrogen-bond donors (Lipinski definition) is 2. The summed E-state index contributed by atoms with van der Waals surface area (Å²) >= 11 is 1.45. The molecule has 2 N–H and O–H groups in total. The number of esters is 1. The number of anilines is 1. The number of hydrogen-bond acceptors (Lipinski definition) is 5. The lowest BCUT2D eigenvalue weighted by Crippen LogP contribution is -2.47. The van der Waals surface area contributed by atoms with Gasteiger partial charge in [-0.3, -0.25) is 9.59 Å². The van der Waals surface area contributed by atoms with E-state index in [0.29, 0.717) is 16.5 Å². The van der Waals surface area contributed by atoms with Crippen LogP contribution in [-0.2, 0) is 27.2 Å². The normalized spacial score (nSPS) is 29.9. The number of carbonyl (C=O) groups is 3. The highest BCUT2D eigenvalue weighted by molar-refractivity contribution is 7.17. The Hall–Kier alpha value is -2.15. The van der Waals surface area contributed by atoms with Crippen LogP contribution < -0.4 is 5.32 Å². The highest BCUT2D eigenvalue weighted by Crippen LogP contribution is 2.46. The molecule has 4 aliphatic carbocycles. The van der Waals surface area contributed by atoms with Gasteiger partial charge in [0.15, 0.2) is 0 Å². The lowest BCUT2D eigenvalue weighted by molar-refractivity contribution is -0.151. The van der Waals surface area contributed by atoms with Crippen LogP contribution in [0.4, 0.5) is 5.00 Å². The quantitative estimate of drug-likeness (QED) is 0.560. The molecule has 0 radical (unpaired) electrons. The van der Waals surface area contributed by atoms with E-state index in [9.17, 15) is 19.5 Å². The molecule has 5 rings (SSSR count). The second kappa shape index (κ2) is 7.94. The van der Waals surface area contributed by atoms with Crippen LogP contribution in [-0.4, -0.2) is 30.1 Å². The van der Waals surface area contributed by atoms with Crippen molar-refractivity contribution in [3.05, 3.63) is 28.2 Å². The maximum atomic E-state index is 13.2. The molecule has 7 heteroatoms. The van der Waals surface area contributed by atoms with Gasteiger partial charge in [-0.2, -0.15) is 0 Å². The summed E-state index contributed by atoms with van der Waals surface area (Å²) in [5.74, 6) is -2.56. The van der Waals surface area contributed by atoms with Gasteiger partial charge >= 0.3 is 11.9 Å². The summed E-state index contributed by atoms with van der Waals surface area (Å²) in [5.41, 5.74) is 1.44. The molecule has 0 aliphatic heterocycles. The highest BCUT2D eigenvalue weighted by atomic mass is 32.1. The van der Waals surface area contributed by atoms with Gasteiger partial charge in [-0.1, -0.05) is 25.5 Å². The van der Waals surface area contributed by atoms with Crippen molar-refractivity contribution in [2.24, 2.45) is 29.6 Å². The molecule has 1 fully saturated rings. The van der Waals surface area contributed by atoms with Crippen LogP contribution in [0.5, 0.6) is 0 Å².